The van der Waals surface area contributed by atoms with Crippen LogP contribution in [-0.4, -0.2) is 107 Å². The Morgan fingerprint density at radius 1 is 1.09 bits per heavy atom. The summed E-state index contributed by atoms with van der Waals surface area (Å²) in [6, 6.07) is 10.5. The first kappa shape index (κ1) is 42.1. The number of nitro groups is 1. The first-order valence-corrected chi connectivity index (χ1v) is 20.2. The molecule has 57 heavy (non-hydrogen) atoms. The topological polar surface area (TPSA) is 165 Å². The highest BCUT2D eigenvalue weighted by atomic mass is 16.7. The van der Waals surface area contributed by atoms with Crippen LogP contribution in [0.1, 0.15) is 77.2 Å². The number of hydrogen-bond acceptors (Lipinski definition) is 12. The number of carbonyl (C=O) groups excluding carboxylic acids is 1. The average Bonchev–Trinajstić information content (AvgIpc) is 4.02. The second-order valence-corrected chi connectivity index (χ2v) is 16.4. The Morgan fingerprint density at radius 3 is 2.44 bits per heavy atom. The van der Waals surface area contributed by atoms with Crippen LogP contribution in [0.25, 0.3) is 0 Å². The molecule has 6 rings (SSSR count). The Hall–Kier alpha value is -4.50. The third-order valence-corrected chi connectivity index (χ3v) is 11.3. The summed E-state index contributed by atoms with van der Waals surface area (Å²) < 4.78 is 26.2. The quantitative estimate of drug-likeness (QED) is 0.0503. The summed E-state index contributed by atoms with van der Waals surface area (Å²) in [7, 11) is 1.63. The normalized spacial score (nSPS) is 25.7. The van der Waals surface area contributed by atoms with Crippen LogP contribution in [0.3, 0.4) is 0 Å². The molecule has 4 aliphatic rings. The van der Waals surface area contributed by atoms with Crippen LogP contribution in [0.4, 0.5) is 10.5 Å². The predicted molar refractivity (Wildman–Crippen MR) is 215 cm³/mol. The number of benzene rings is 2. The van der Waals surface area contributed by atoms with Crippen LogP contribution in [-0.2, 0) is 9.57 Å². The predicted octanol–water partition coefficient (Wildman–Crippen LogP) is 6.85. The third kappa shape index (κ3) is 9.80. The van der Waals surface area contributed by atoms with Gasteiger partial charge >= 0.3 is 6.09 Å². The van der Waals surface area contributed by atoms with Gasteiger partial charge in [-0.15, -0.1) is 6.58 Å². The zero-order valence-electron chi connectivity index (χ0n) is 33.6. The molecule has 0 aromatic heterocycles. The number of hydrogen-bond donors (Lipinski definition) is 2. The number of ether oxygens (including phenoxy) is 4. The van der Waals surface area contributed by atoms with E-state index in [1.807, 2.05) is 32.9 Å². The van der Waals surface area contributed by atoms with Gasteiger partial charge in [-0.1, -0.05) is 30.1 Å². The van der Waals surface area contributed by atoms with Crippen molar-refractivity contribution in [3.63, 3.8) is 0 Å². The van der Waals surface area contributed by atoms with Gasteiger partial charge in [-0.25, -0.2) is 4.79 Å². The molecule has 2 aliphatic carbocycles. The SMILES string of the molecule is C=CCOC12Oc3ccc(OCCN4CC4)cc3C3C(CCCCO)C(CCCCO)C=C(C(=NOC(C)(C)C)CC1N(C)C(=O)Oc1ccc([N+](=O)[O-])cc1)C32. The molecule has 0 bridgehead atoms. The molecular formula is C43H58N4O10. The number of oxime groups is 1. The minimum absolute atomic E-state index is 0.0621. The van der Waals surface area contributed by atoms with E-state index in [1.54, 1.807) is 13.1 Å². The zero-order valence-corrected chi connectivity index (χ0v) is 33.6. The number of non-ortho nitro benzene ring substituents is 1. The summed E-state index contributed by atoms with van der Waals surface area (Å²) in [6.07, 6.45) is 8.03. The van der Waals surface area contributed by atoms with E-state index in [0.29, 0.717) is 30.9 Å². The van der Waals surface area contributed by atoms with Crippen LogP contribution in [0.5, 0.6) is 17.2 Å². The molecule has 0 radical (unpaired) electrons. The van der Waals surface area contributed by atoms with E-state index in [-0.39, 0.29) is 55.4 Å². The van der Waals surface area contributed by atoms with Crippen molar-refractivity contribution >= 4 is 17.5 Å². The molecule has 2 heterocycles. The van der Waals surface area contributed by atoms with Crippen molar-refractivity contribution in [3.05, 3.63) is 82.4 Å². The van der Waals surface area contributed by atoms with Crippen molar-refractivity contribution in [1.82, 2.24) is 9.80 Å². The lowest BCUT2D eigenvalue weighted by Gasteiger charge is -2.59. The number of nitro benzene ring substituents is 1. The Balaban J connectivity index is 1.51. The molecule has 6 atom stereocenters. The van der Waals surface area contributed by atoms with Gasteiger partial charge in [-0.2, -0.15) is 0 Å². The summed E-state index contributed by atoms with van der Waals surface area (Å²) in [5.41, 5.74) is 1.82. The Bertz CT molecular complexity index is 1790. The van der Waals surface area contributed by atoms with Crippen LogP contribution in [0.15, 0.2) is 71.9 Å². The van der Waals surface area contributed by atoms with Crippen LogP contribution in [0.2, 0.25) is 0 Å². The van der Waals surface area contributed by atoms with E-state index >= 15 is 0 Å². The zero-order chi connectivity index (χ0) is 40.7. The number of aliphatic hydroxyl groups is 2. The second-order valence-electron chi connectivity index (χ2n) is 16.4. The lowest BCUT2D eigenvalue weighted by Crippen LogP contribution is -2.69. The van der Waals surface area contributed by atoms with Gasteiger partial charge < -0.3 is 38.9 Å². The number of carbonyl (C=O) groups is 1. The van der Waals surface area contributed by atoms with E-state index in [1.165, 1.54) is 29.2 Å². The van der Waals surface area contributed by atoms with E-state index in [9.17, 15) is 25.1 Å². The minimum atomic E-state index is -1.45. The summed E-state index contributed by atoms with van der Waals surface area (Å²) in [6.45, 7) is 13.6. The van der Waals surface area contributed by atoms with Crippen molar-refractivity contribution in [1.29, 1.82) is 0 Å². The first-order chi connectivity index (χ1) is 27.4. The van der Waals surface area contributed by atoms with Crippen molar-refractivity contribution in [2.45, 2.75) is 89.1 Å². The number of allylic oxidation sites excluding steroid dienone is 1. The maximum absolute atomic E-state index is 14.2. The van der Waals surface area contributed by atoms with Gasteiger partial charge in [-0.05, 0) is 94.2 Å². The Morgan fingerprint density at radius 2 is 1.79 bits per heavy atom. The fourth-order valence-electron chi connectivity index (χ4n) is 8.53. The van der Waals surface area contributed by atoms with E-state index < -0.39 is 34.4 Å². The van der Waals surface area contributed by atoms with Crippen LogP contribution >= 0.6 is 0 Å². The fraction of sp³-hybridized carbons (Fsp3) is 0.581. The molecule has 1 saturated carbocycles. The van der Waals surface area contributed by atoms with Gasteiger partial charge in [0.15, 0.2) is 0 Å². The average molecular weight is 791 g/mol. The summed E-state index contributed by atoms with van der Waals surface area (Å²) in [5.74, 6) is -0.484. The maximum atomic E-state index is 14.2. The molecule has 2 aromatic carbocycles. The van der Waals surface area contributed by atoms with Gasteiger partial charge in [0.25, 0.3) is 5.69 Å². The number of unbranched alkanes of at least 4 members (excludes halogenated alkanes) is 2. The highest BCUT2D eigenvalue weighted by molar-refractivity contribution is 6.03. The molecule has 2 aromatic rings. The number of rotatable bonds is 19. The highest BCUT2D eigenvalue weighted by Crippen LogP contribution is 2.62. The summed E-state index contributed by atoms with van der Waals surface area (Å²) in [4.78, 5) is 34.9. The molecule has 1 saturated heterocycles. The Labute approximate surface area is 335 Å². The smallest absolute Gasteiger partial charge is 0.415 e. The molecule has 2 aliphatic heterocycles. The van der Waals surface area contributed by atoms with Gasteiger partial charge in [0, 0.05) is 69.9 Å². The largest absolute Gasteiger partial charge is 0.492 e. The van der Waals surface area contributed by atoms with Gasteiger partial charge in [0.05, 0.1) is 23.2 Å². The molecule has 2 N–H and O–H groups in total. The maximum Gasteiger partial charge on any atom is 0.415 e. The number of aliphatic hydroxyl groups excluding tert-OH is 2. The van der Waals surface area contributed by atoms with Crippen molar-refractivity contribution in [2.24, 2.45) is 22.9 Å². The van der Waals surface area contributed by atoms with Gasteiger partial charge in [0.1, 0.15) is 35.5 Å². The van der Waals surface area contributed by atoms with Crippen LogP contribution < -0.4 is 14.2 Å². The molecule has 310 valence electrons. The second kappa shape index (κ2) is 18.4. The fourth-order valence-corrected chi connectivity index (χ4v) is 8.53. The molecule has 2 fully saturated rings. The lowest BCUT2D eigenvalue weighted by atomic mass is 9.55. The molecule has 0 spiro atoms. The number of amides is 1. The number of likely N-dealkylation sites (N-methyl/N-ethyl adjacent to an activating group) is 1. The van der Waals surface area contributed by atoms with E-state index in [0.717, 1.165) is 62.2 Å². The monoisotopic (exact) mass is 790 g/mol. The minimum Gasteiger partial charge on any atom is -0.492 e. The van der Waals surface area contributed by atoms with E-state index in [2.05, 4.69) is 23.6 Å². The summed E-state index contributed by atoms with van der Waals surface area (Å²) >= 11 is 0. The van der Waals surface area contributed by atoms with Gasteiger partial charge in [0.2, 0.25) is 5.79 Å². The lowest BCUT2D eigenvalue weighted by molar-refractivity contribution is -0.384. The van der Waals surface area contributed by atoms with Gasteiger partial charge in [-0.3, -0.25) is 15.0 Å². The molecule has 6 unspecified atom stereocenters. The standard InChI is InChI=1S/C43H58N4O10/c1-6-24-54-43-38(45(5)41(50)55-31-15-13-30(14-16-31)47(51)52)28-36(44-57-42(2,3)4)34-26-29(11-7-9-22-48)33(12-8-10-23-49)39(40(34)43)35-27-32(17-18-37(35)56-43)53-25-21-46-19-20-46/h6,13-18,26-27,29,33,38-40,48-49H,1,7-12,19-25,28H2,2-5H3. The molecular weight excluding hydrogens is 732 g/mol. The van der Waals surface area contributed by atoms with Crippen molar-refractivity contribution < 1.29 is 43.7 Å². The highest BCUT2D eigenvalue weighted by Gasteiger charge is 2.65. The van der Waals surface area contributed by atoms with E-state index in [4.69, 9.17) is 28.9 Å². The first-order valence-electron chi connectivity index (χ1n) is 20.2. The van der Waals surface area contributed by atoms with Crippen molar-refractivity contribution in [3.8, 4) is 17.2 Å². The third-order valence-electron chi connectivity index (χ3n) is 11.3. The number of fused-ring (bicyclic) bond motifs is 2. The molecule has 1 amide bonds. The van der Waals surface area contributed by atoms with Crippen molar-refractivity contribution in [2.75, 3.05) is 53.1 Å². The Kier molecular flexibility index (Phi) is 13.6. The summed E-state index contributed by atoms with van der Waals surface area (Å²) in [5, 5.41) is 35.8. The molecule has 14 nitrogen and oxygen atoms in total. The molecule has 14 heteroatoms. The van der Waals surface area contributed by atoms with Crippen LogP contribution in [0, 0.1) is 27.9 Å². The number of nitrogens with zero attached hydrogens (tertiary/aromatic N) is 4.